The van der Waals surface area contributed by atoms with Crippen LogP contribution in [0.1, 0.15) is 11.1 Å². The first kappa shape index (κ1) is 20.1. The minimum Gasteiger partial charge on any atom is -0.491 e. The van der Waals surface area contributed by atoms with Crippen LogP contribution >= 0.6 is 0 Å². The van der Waals surface area contributed by atoms with Crippen LogP contribution in [0.2, 0.25) is 0 Å². The monoisotopic (exact) mass is 402 g/mol. The second-order valence-electron chi connectivity index (χ2n) is 7.75. The van der Waals surface area contributed by atoms with Gasteiger partial charge in [-0.1, -0.05) is 24.3 Å². The van der Waals surface area contributed by atoms with E-state index in [9.17, 15) is 5.11 Å². The summed E-state index contributed by atoms with van der Waals surface area (Å²) < 4.78 is 5.86. The second kappa shape index (κ2) is 9.12. The lowest BCUT2D eigenvalue weighted by molar-refractivity contribution is 0.0638. The number of aliphatic hydroxyl groups is 1. The van der Waals surface area contributed by atoms with Gasteiger partial charge in [0.1, 0.15) is 18.5 Å². The molecule has 1 aliphatic rings. The first-order valence-electron chi connectivity index (χ1n) is 10.1. The first-order chi connectivity index (χ1) is 14.6. The van der Waals surface area contributed by atoms with E-state index < -0.39 is 6.10 Å². The summed E-state index contributed by atoms with van der Waals surface area (Å²) in [6, 6.07) is 18.0. The molecule has 4 rings (SSSR count). The zero-order valence-electron chi connectivity index (χ0n) is 17.4. The van der Waals surface area contributed by atoms with Gasteiger partial charge in [0.05, 0.1) is 0 Å². The molecular formula is C24H26N4O2. The quantitative estimate of drug-likeness (QED) is 0.656. The largest absolute Gasteiger partial charge is 0.491 e. The summed E-state index contributed by atoms with van der Waals surface area (Å²) in [5, 5.41) is 10.5. The number of β-amino-alcohol motifs (C(OH)–C–C–N with tert-alkyl or cyclic N) is 1. The third-order valence-corrected chi connectivity index (χ3v) is 5.17. The molecule has 0 spiro atoms. The topological polar surface area (TPSA) is 61.7 Å². The van der Waals surface area contributed by atoms with E-state index in [4.69, 9.17) is 4.74 Å². The molecule has 6 heteroatoms. The summed E-state index contributed by atoms with van der Waals surface area (Å²) >= 11 is 0. The van der Waals surface area contributed by atoms with Gasteiger partial charge in [0.25, 0.3) is 0 Å². The van der Waals surface area contributed by atoms with E-state index in [0.29, 0.717) is 12.5 Å². The van der Waals surface area contributed by atoms with Crippen LogP contribution in [0.25, 0.3) is 11.1 Å². The van der Waals surface area contributed by atoms with Gasteiger partial charge in [0, 0.05) is 57.3 Å². The van der Waals surface area contributed by atoms with Gasteiger partial charge in [-0.25, -0.2) is 9.97 Å². The molecule has 6 nitrogen and oxygen atoms in total. The van der Waals surface area contributed by atoms with Crippen molar-refractivity contribution in [3.8, 4) is 16.9 Å². The van der Waals surface area contributed by atoms with Crippen molar-refractivity contribution in [2.45, 2.75) is 19.1 Å². The number of aromatic nitrogens is 2. The molecule has 0 radical (unpaired) electrons. The third-order valence-electron chi connectivity index (χ3n) is 5.17. The molecule has 3 aromatic rings. The molecule has 1 atom stereocenters. The minimum atomic E-state index is -0.564. The summed E-state index contributed by atoms with van der Waals surface area (Å²) in [5.41, 5.74) is 4.40. The average Bonchev–Trinajstić information content (AvgIpc) is 2.78. The standard InChI is InChI=1S/C24H26N4O2/c1-27(2)24-25-13-21(14-26-24)19-8-5-9-23(12-19)30-17-22(29)16-28-11-10-18-6-3-4-7-20(18)15-28/h3,5-6,8-9,12-14,22,29H,10-11,15-17H2,1-2H3. The lowest BCUT2D eigenvalue weighted by Gasteiger charge is -2.29. The van der Waals surface area contributed by atoms with Crippen LogP contribution in [0.3, 0.4) is 0 Å². The highest BCUT2D eigenvalue weighted by molar-refractivity contribution is 5.63. The molecule has 154 valence electrons. The number of rotatable bonds is 7. The third kappa shape index (κ3) is 4.88. The fourth-order valence-electron chi connectivity index (χ4n) is 3.57. The number of benzene rings is 1. The van der Waals surface area contributed by atoms with E-state index >= 15 is 0 Å². The predicted octanol–water partition coefficient (Wildman–Crippen LogP) is 2.61. The van der Waals surface area contributed by atoms with E-state index in [1.54, 1.807) is 12.4 Å². The van der Waals surface area contributed by atoms with Crippen LogP contribution in [0, 0.1) is 12.1 Å². The average molecular weight is 402 g/mol. The highest BCUT2D eigenvalue weighted by atomic mass is 16.5. The Balaban J connectivity index is 1.32. The summed E-state index contributed by atoms with van der Waals surface area (Å²) in [4.78, 5) is 12.8. The Morgan fingerprint density at radius 1 is 1.20 bits per heavy atom. The Morgan fingerprint density at radius 2 is 2.03 bits per heavy atom. The number of ether oxygens (including phenoxy) is 1. The molecule has 0 amide bonds. The molecule has 0 bridgehead atoms. The molecule has 0 fully saturated rings. The molecule has 0 aliphatic carbocycles. The van der Waals surface area contributed by atoms with Crippen LogP contribution < -0.4 is 9.64 Å². The number of anilines is 1. The SMILES string of the molecule is CN(C)c1ncc(-c2cccc(OCC(O)CN3CCc4ccc#cc4C3)c2)cn1. The van der Waals surface area contributed by atoms with Crippen molar-refractivity contribution in [3.05, 3.63) is 72.1 Å². The first-order valence-corrected chi connectivity index (χ1v) is 10.1. The minimum absolute atomic E-state index is 0.244. The zero-order valence-corrected chi connectivity index (χ0v) is 17.4. The summed E-state index contributed by atoms with van der Waals surface area (Å²) in [6.45, 7) is 2.54. The maximum atomic E-state index is 10.5. The molecule has 1 aromatic heterocycles. The Kier molecular flexibility index (Phi) is 6.12. The molecule has 2 aromatic carbocycles. The van der Waals surface area contributed by atoms with Gasteiger partial charge in [-0.15, -0.1) is 0 Å². The van der Waals surface area contributed by atoms with Crippen molar-refractivity contribution >= 4 is 5.95 Å². The number of aliphatic hydroxyl groups excluding tert-OH is 1. The van der Waals surface area contributed by atoms with Crippen molar-refractivity contribution in [2.24, 2.45) is 0 Å². The van der Waals surface area contributed by atoms with Gasteiger partial charge in [-0.05, 0) is 41.8 Å². The highest BCUT2D eigenvalue weighted by Gasteiger charge is 2.19. The van der Waals surface area contributed by atoms with Crippen molar-refractivity contribution in [3.63, 3.8) is 0 Å². The summed E-state index contributed by atoms with van der Waals surface area (Å²) in [7, 11) is 3.82. The number of hydrogen-bond acceptors (Lipinski definition) is 6. The van der Waals surface area contributed by atoms with Gasteiger partial charge < -0.3 is 14.7 Å². The van der Waals surface area contributed by atoms with Crippen LogP contribution in [0.4, 0.5) is 5.95 Å². The van der Waals surface area contributed by atoms with Gasteiger partial charge in [-0.3, -0.25) is 4.90 Å². The van der Waals surface area contributed by atoms with E-state index in [1.165, 1.54) is 11.1 Å². The maximum Gasteiger partial charge on any atom is 0.224 e. The van der Waals surface area contributed by atoms with Crippen molar-refractivity contribution < 1.29 is 9.84 Å². The highest BCUT2D eigenvalue weighted by Crippen LogP contribution is 2.24. The van der Waals surface area contributed by atoms with Crippen molar-refractivity contribution in [2.75, 3.05) is 38.7 Å². The molecule has 2 heterocycles. The second-order valence-corrected chi connectivity index (χ2v) is 7.75. The predicted molar refractivity (Wildman–Crippen MR) is 116 cm³/mol. The van der Waals surface area contributed by atoms with Crippen LogP contribution in [-0.2, 0) is 13.0 Å². The van der Waals surface area contributed by atoms with Crippen molar-refractivity contribution in [1.29, 1.82) is 0 Å². The Bertz CT molecular complexity index is 975. The lowest BCUT2D eigenvalue weighted by atomic mass is 10.0. The maximum absolute atomic E-state index is 10.5. The normalized spacial score (nSPS) is 14.5. The fraction of sp³-hybridized carbons (Fsp3) is 0.333. The van der Waals surface area contributed by atoms with E-state index in [2.05, 4.69) is 33.1 Å². The Morgan fingerprint density at radius 3 is 2.83 bits per heavy atom. The Labute approximate surface area is 177 Å². The van der Waals surface area contributed by atoms with E-state index in [-0.39, 0.29) is 6.61 Å². The molecule has 0 saturated heterocycles. The lowest BCUT2D eigenvalue weighted by Crippen LogP contribution is -2.38. The fourth-order valence-corrected chi connectivity index (χ4v) is 3.57. The summed E-state index contributed by atoms with van der Waals surface area (Å²) in [6.07, 6.45) is 4.02. The van der Waals surface area contributed by atoms with Crippen molar-refractivity contribution in [1.82, 2.24) is 14.9 Å². The number of hydrogen-bond donors (Lipinski definition) is 1. The van der Waals surface area contributed by atoms with Gasteiger partial charge in [0.15, 0.2) is 0 Å². The number of fused-ring (bicyclic) bond motifs is 1. The van der Waals surface area contributed by atoms with Gasteiger partial charge in [0.2, 0.25) is 5.95 Å². The van der Waals surface area contributed by atoms with Gasteiger partial charge >= 0.3 is 0 Å². The molecule has 0 saturated carbocycles. The molecule has 1 aliphatic heterocycles. The Hall–Kier alpha value is -3.14. The smallest absolute Gasteiger partial charge is 0.224 e. The van der Waals surface area contributed by atoms with Crippen LogP contribution in [0.5, 0.6) is 5.75 Å². The zero-order chi connectivity index (χ0) is 20.9. The molecule has 1 unspecified atom stereocenters. The molecular weight excluding hydrogens is 376 g/mol. The molecule has 30 heavy (non-hydrogen) atoms. The van der Waals surface area contributed by atoms with E-state index in [0.717, 1.165) is 36.4 Å². The molecule has 1 N–H and O–H groups in total. The van der Waals surface area contributed by atoms with E-state index in [1.807, 2.05) is 49.3 Å². The van der Waals surface area contributed by atoms with Crippen LogP contribution in [-0.4, -0.2) is 59.9 Å². The summed E-state index contributed by atoms with van der Waals surface area (Å²) in [5.74, 6) is 1.39. The van der Waals surface area contributed by atoms with Gasteiger partial charge in [-0.2, -0.15) is 0 Å². The van der Waals surface area contributed by atoms with Crippen LogP contribution in [0.15, 0.2) is 48.8 Å². The number of nitrogens with zero attached hydrogens (tertiary/aromatic N) is 4.